The number of anilines is 1. The number of nitrogens with zero attached hydrogens (tertiary/aromatic N) is 2. The second kappa shape index (κ2) is 3.89. The Morgan fingerprint density at radius 2 is 2.06 bits per heavy atom. The Bertz CT molecular complexity index is 416. The van der Waals surface area contributed by atoms with Crippen LogP contribution in [0.3, 0.4) is 0 Å². The minimum absolute atomic E-state index is 0.542. The molecule has 0 atom stereocenters. The Kier molecular flexibility index (Phi) is 2.52. The van der Waals surface area contributed by atoms with Gasteiger partial charge in [-0.1, -0.05) is 11.8 Å². The number of rotatable bonds is 3. The zero-order chi connectivity index (χ0) is 11.1. The van der Waals surface area contributed by atoms with Crippen molar-refractivity contribution in [3.05, 3.63) is 11.4 Å². The van der Waals surface area contributed by atoms with E-state index in [1.165, 1.54) is 12.8 Å². The lowest BCUT2D eigenvalue weighted by Crippen LogP contribution is -2.30. The summed E-state index contributed by atoms with van der Waals surface area (Å²) >= 11 is 1.77. The second-order valence-corrected chi connectivity index (χ2v) is 5.74. The fourth-order valence-corrected chi connectivity index (χ4v) is 2.68. The van der Waals surface area contributed by atoms with Crippen molar-refractivity contribution in [1.82, 2.24) is 9.97 Å². The van der Waals surface area contributed by atoms with Gasteiger partial charge in [-0.15, -0.1) is 0 Å². The van der Waals surface area contributed by atoms with Crippen LogP contribution in [0.15, 0.2) is 5.03 Å². The highest BCUT2D eigenvalue weighted by molar-refractivity contribution is 8.00. The molecule has 2 fully saturated rings. The number of thioether (sulfide) groups is 1. The zero-order valence-corrected chi connectivity index (χ0v) is 10.1. The summed E-state index contributed by atoms with van der Waals surface area (Å²) in [6, 6.07) is 0. The minimum Gasteiger partial charge on any atom is -0.383 e. The summed E-state index contributed by atoms with van der Waals surface area (Å²) in [4.78, 5) is 9.00. The van der Waals surface area contributed by atoms with Crippen molar-refractivity contribution >= 4 is 17.6 Å². The van der Waals surface area contributed by atoms with Gasteiger partial charge in [0, 0.05) is 11.5 Å². The average molecular weight is 237 g/mol. The van der Waals surface area contributed by atoms with Gasteiger partial charge in [0.05, 0.1) is 18.5 Å². The van der Waals surface area contributed by atoms with E-state index in [9.17, 15) is 0 Å². The summed E-state index contributed by atoms with van der Waals surface area (Å²) in [7, 11) is 0. The third kappa shape index (κ3) is 1.89. The van der Waals surface area contributed by atoms with Crippen molar-refractivity contribution in [1.29, 1.82) is 0 Å². The fourth-order valence-electron chi connectivity index (χ4n) is 1.61. The third-order valence-electron chi connectivity index (χ3n) is 2.98. The lowest BCUT2D eigenvalue weighted by molar-refractivity contribution is 0.0454. The van der Waals surface area contributed by atoms with Crippen molar-refractivity contribution in [2.24, 2.45) is 0 Å². The first-order chi connectivity index (χ1) is 7.74. The van der Waals surface area contributed by atoms with Crippen LogP contribution in [0.5, 0.6) is 0 Å². The van der Waals surface area contributed by atoms with E-state index in [1.54, 1.807) is 11.8 Å². The van der Waals surface area contributed by atoms with Crippen molar-refractivity contribution in [3.8, 4) is 0 Å². The van der Waals surface area contributed by atoms with Gasteiger partial charge in [-0.2, -0.15) is 0 Å². The highest BCUT2D eigenvalue weighted by Crippen LogP contribution is 2.40. The number of nitrogen functional groups attached to an aromatic ring is 1. The quantitative estimate of drug-likeness (QED) is 0.811. The average Bonchev–Trinajstić information content (AvgIpc) is 3.00. The van der Waals surface area contributed by atoms with Crippen LogP contribution in [0.4, 0.5) is 5.82 Å². The molecule has 1 saturated carbocycles. The van der Waals surface area contributed by atoms with Crippen LogP contribution in [0, 0.1) is 6.92 Å². The van der Waals surface area contributed by atoms with Crippen molar-refractivity contribution in [2.75, 3.05) is 18.9 Å². The first kappa shape index (κ1) is 10.4. The summed E-state index contributed by atoms with van der Waals surface area (Å²) in [6.07, 6.45) is 2.41. The summed E-state index contributed by atoms with van der Waals surface area (Å²) in [6.45, 7) is 3.65. The molecule has 2 heterocycles. The standard InChI is InChI=1S/C11H15N3OS/c1-6-9(12)13-10(7-2-3-7)14-11(6)16-8-4-15-5-8/h7-8H,2-5H2,1H3,(H2,12,13,14). The Morgan fingerprint density at radius 3 is 2.62 bits per heavy atom. The zero-order valence-electron chi connectivity index (χ0n) is 9.27. The summed E-state index contributed by atoms with van der Waals surface area (Å²) < 4.78 is 5.17. The van der Waals surface area contributed by atoms with Crippen molar-refractivity contribution in [3.63, 3.8) is 0 Å². The van der Waals surface area contributed by atoms with E-state index >= 15 is 0 Å². The molecule has 1 aliphatic heterocycles. The number of ether oxygens (including phenoxy) is 1. The molecule has 1 aromatic rings. The van der Waals surface area contributed by atoms with Crippen LogP contribution in [0.1, 0.15) is 30.1 Å². The van der Waals surface area contributed by atoms with Crippen LogP contribution in [0.2, 0.25) is 0 Å². The number of hydrogen-bond acceptors (Lipinski definition) is 5. The molecule has 3 rings (SSSR count). The van der Waals surface area contributed by atoms with Gasteiger partial charge in [-0.05, 0) is 19.8 Å². The van der Waals surface area contributed by atoms with E-state index in [4.69, 9.17) is 10.5 Å². The Labute approximate surface area is 99.0 Å². The van der Waals surface area contributed by atoms with E-state index in [0.717, 1.165) is 29.6 Å². The number of aromatic nitrogens is 2. The molecule has 0 radical (unpaired) electrons. The first-order valence-electron chi connectivity index (χ1n) is 5.62. The minimum atomic E-state index is 0.542. The van der Waals surface area contributed by atoms with Gasteiger partial charge < -0.3 is 10.5 Å². The molecule has 0 aromatic carbocycles. The third-order valence-corrected chi connectivity index (χ3v) is 4.21. The molecule has 0 unspecified atom stereocenters. The SMILES string of the molecule is Cc1c(N)nc(C2CC2)nc1SC1COC1. The predicted octanol–water partition coefficient (Wildman–Crippen LogP) is 1.74. The maximum absolute atomic E-state index is 5.93. The highest BCUT2D eigenvalue weighted by atomic mass is 32.2. The molecule has 0 spiro atoms. The second-order valence-electron chi connectivity index (χ2n) is 4.45. The van der Waals surface area contributed by atoms with E-state index < -0.39 is 0 Å². The fraction of sp³-hybridized carbons (Fsp3) is 0.636. The Hall–Kier alpha value is -0.810. The summed E-state index contributed by atoms with van der Waals surface area (Å²) in [5.41, 5.74) is 6.94. The molecule has 1 aliphatic carbocycles. The van der Waals surface area contributed by atoms with E-state index in [0.29, 0.717) is 17.0 Å². The van der Waals surface area contributed by atoms with Crippen LogP contribution in [-0.4, -0.2) is 28.4 Å². The lowest BCUT2D eigenvalue weighted by atomic mass is 10.3. The molecular weight excluding hydrogens is 222 g/mol. The van der Waals surface area contributed by atoms with Gasteiger partial charge in [-0.3, -0.25) is 0 Å². The maximum Gasteiger partial charge on any atom is 0.135 e. The Balaban J connectivity index is 1.87. The monoisotopic (exact) mass is 237 g/mol. The molecule has 2 aliphatic rings. The number of nitrogens with two attached hydrogens (primary N) is 1. The van der Waals surface area contributed by atoms with Gasteiger partial charge in [0.2, 0.25) is 0 Å². The van der Waals surface area contributed by atoms with Gasteiger partial charge in [-0.25, -0.2) is 9.97 Å². The number of hydrogen-bond donors (Lipinski definition) is 1. The first-order valence-corrected chi connectivity index (χ1v) is 6.50. The predicted molar refractivity (Wildman–Crippen MR) is 63.6 cm³/mol. The molecule has 86 valence electrons. The topological polar surface area (TPSA) is 61.0 Å². The molecule has 4 nitrogen and oxygen atoms in total. The Morgan fingerprint density at radius 1 is 1.31 bits per heavy atom. The molecule has 0 amide bonds. The van der Waals surface area contributed by atoms with Gasteiger partial charge in [0.15, 0.2) is 0 Å². The van der Waals surface area contributed by atoms with Crippen LogP contribution >= 0.6 is 11.8 Å². The van der Waals surface area contributed by atoms with Crippen molar-refractivity contribution in [2.45, 2.75) is 36.0 Å². The van der Waals surface area contributed by atoms with Crippen LogP contribution < -0.4 is 5.73 Å². The van der Waals surface area contributed by atoms with Gasteiger partial charge >= 0.3 is 0 Å². The molecule has 16 heavy (non-hydrogen) atoms. The molecule has 1 aromatic heterocycles. The van der Waals surface area contributed by atoms with Crippen molar-refractivity contribution < 1.29 is 4.74 Å². The van der Waals surface area contributed by atoms with E-state index in [1.807, 2.05) is 6.92 Å². The van der Waals surface area contributed by atoms with E-state index in [-0.39, 0.29) is 0 Å². The highest BCUT2D eigenvalue weighted by Gasteiger charge is 2.29. The molecule has 5 heteroatoms. The maximum atomic E-state index is 5.93. The summed E-state index contributed by atoms with van der Waals surface area (Å²) in [5, 5.41) is 1.59. The van der Waals surface area contributed by atoms with Gasteiger partial charge in [0.25, 0.3) is 0 Å². The van der Waals surface area contributed by atoms with Crippen LogP contribution in [-0.2, 0) is 4.74 Å². The molecule has 1 saturated heterocycles. The summed E-state index contributed by atoms with van der Waals surface area (Å²) in [5.74, 6) is 2.13. The van der Waals surface area contributed by atoms with Crippen LogP contribution in [0.25, 0.3) is 0 Å². The largest absolute Gasteiger partial charge is 0.383 e. The molecular formula is C11H15N3OS. The lowest BCUT2D eigenvalue weighted by Gasteiger charge is -2.25. The van der Waals surface area contributed by atoms with Gasteiger partial charge in [0.1, 0.15) is 16.7 Å². The normalized spacial score (nSPS) is 20.8. The molecule has 0 bridgehead atoms. The molecule has 2 N–H and O–H groups in total. The smallest absolute Gasteiger partial charge is 0.135 e. The van der Waals surface area contributed by atoms with E-state index in [2.05, 4.69) is 9.97 Å².